The van der Waals surface area contributed by atoms with Crippen molar-refractivity contribution < 1.29 is 33.5 Å². The molecule has 0 aliphatic carbocycles. The van der Waals surface area contributed by atoms with Crippen molar-refractivity contribution in [3.05, 3.63) is 102 Å². The number of urea groups is 1. The summed E-state index contributed by atoms with van der Waals surface area (Å²) in [6.45, 7) is 7.05. The molecule has 1 aromatic heterocycles. The van der Waals surface area contributed by atoms with Gasteiger partial charge in [-0.2, -0.15) is 0 Å². The van der Waals surface area contributed by atoms with Crippen LogP contribution in [0.2, 0.25) is 0 Å². The number of aromatic nitrogens is 1. The van der Waals surface area contributed by atoms with Crippen LogP contribution in [0.4, 0.5) is 15.3 Å². The summed E-state index contributed by atoms with van der Waals surface area (Å²) in [6.07, 6.45) is 1.71. The van der Waals surface area contributed by atoms with Gasteiger partial charge >= 0.3 is 12.1 Å². The number of alkyl carbamates (subject to hydrolysis) is 1. The average molecular weight is 811 g/mol. The number of H-pyrrole nitrogens is 1. The molecule has 4 aromatic rings. The van der Waals surface area contributed by atoms with Gasteiger partial charge in [-0.25, -0.2) is 14.5 Å². The van der Waals surface area contributed by atoms with E-state index in [1.54, 1.807) is 58.2 Å². The third-order valence-corrected chi connectivity index (χ3v) is 9.96. The van der Waals surface area contributed by atoms with E-state index in [0.29, 0.717) is 36.2 Å². The number of carbonyl (C=O) groups excluding carboxylic acids is 6. The number of hydrogen-bond donors (Lipinski definition) is 5. The average Bonchev–Trinajstić information content (AvgIpc) is 3.60. The maximum absolute atomic E-state index is 15.1. The number of aromatic amines is 1. The van der Waals surface area contributed by atoms with E-state index in [1.165, 1.54) is 23.9 Å². The molecule has 0 unspecified atom stereocenters. The molecular weight excluding hydrogens is 753 g/mol. The summed E-state index contributed by atoms with van der Waals surface area (Å²) in [5.74, 6) is -2.59. The molecular formula is C44H58N8O7. The molecule has 0 fully saturated rings. The summed E-state index contributed by atoms with van der Waals surface area (Å²) in [5, 5.41) is 6.31. The van der Waals surface area contributed by atoms with Crippen LogP contribution in [0, 0.1) is 6.92 Å². The molecule has 59 heavy (non-hydrogen) atoms. The van der Waals surface area contributed by atoms with E-state index in [9.17, 15) is 24.0 Å². The molecule has 316 valence electrons. The highest BCUT2D eigenvalue weighted by atomic mass is 16.6. The Morgan fingerprint density at radius 2 is 1.49 bits per heavy atom. The van der Waals surface area contributed by atoms with Crippen LogP contribution in [0.15, 0.2) is 85.1 Å². The number of likely N-dealkylation sites (N-methyl/N-ethyl adjacent to an activating group) is 2. The van der Waals surface area contributed by atoms with Crippen molar-refractivity contribution in [1.82, 2.24) is 25.0 Å². The summed E-state index contributed by atoms with van der Waals surface area (Å²) in [7, 11) is 2.96. The topological polar surface area (TPSA) is 213 Å². The Morgan fingerprint density at radius 1 is 0.831 bits per heavy atom. The number of primary amides is 1. The molecule has 0 saturated carbocycles. The highest BCUT2D eigenvalue weighted by Crippen LogP contribution is 2.23. The Kier molecular flexibility index (Phi) is 16.2. The number of benzene rings is 3. The molecule has 0 aliphatic heterocycles. The molecule has 0 radical (unpaired) electrons. The van der Waals surface area contributed by atoms with Crippen molar-refractivity contribution in [3.8, 4) is 0 Å². The molecule has 1 heterocycles. The van der Waals surface area contributed by atoms with Gasteiger partial charge in [0.15, 0.2) is 0 Å². The monoisotopic (exact) mass is 810 g/mol. The van der Waals surface area contributed by atoms with Crippen LogP contribution in [0.3, 0.4) is 0 Å². The number of imide groups is 1. The second kappa shape index (κ2) is 21.0. The van der Waals surface area contributed by atoms with Gasteiger partial charge in [-0.3, -0.25) is 19.2 Å². The normalized spacial score (nSPS) is 12.8. The zero-order chi connectivity index (χ0) is 43.3. The van der Waals surface area contributed by atoms with Gasteiger partial charge in [0.2, 0.25) is 17.7 Å². The molecule has 0 saturated heterocycles. The second-order valence-electron chi connectivity index (χ2n) is 15.6. The minimum atomic E-state index is -1.38. The van der Waals surface area contributed by atoms with Gasteiger partial charge in [0.05, 0.1) is 0 Å². The van der Waals surface area contributed by atoms with Crippen LogP contribution in [0.5, 0.6) is 0 Å². The molecule has 15 nitrogen and oxygen atoms in total. The van der Waals surface area contributed by atoms with E-state index in [0.717, 1.165) is 21.4 Å². The van der Waals surface area contributed by atoms with Crippen molar-refractivity contribution in [1.29, 1.82) is 0 Å². The van der Waals surface area contributed by atoms with Gasteiger partial charge in [-0.1, -0.05) is 66.7 Å². The Bertz CT molecular complexity index is 2080. The minimum absolute atomic E-state index is 0.0359. The molecule has 3 aromatic carbocycles. The number of ether oxygens (including phenoxy) is 1. The number of nitrogens with two attached hydrogens (primary N) is 2. The second-order valence-corrected chi connectivity index (χ2v) is 15.6. The number of nitrogens with zero attached hydrogens (tertiary/aromatic N) is 3. The molecule has 7 amide bonds. The number of aryl methyl sites for hydroxylation is 1. The number of para-hydroxylation sites is 2. The zero-order valence-corrected chi connectivity index (χ0v) is 34.8. The van der Waals surface area contributed by atoms with Crippen molar-refractivity contribution in [2.24, 2.45) is 11.5 Å². The Morgan fingerprint density at radius 3 is 2.15 bits per heavy atom. The summed E-state index contributed by atoms with van der Waals surface area (Å²) >= 11 is 0. The zero-order valence-electron chi connectivity index (χ0n) is 34.8. The number of hydrogen-bond acceptors (Lipinski definition) is 8. The minimum Gasteiger partial charge on any atom is -0.444 e. The van der Waals surface area contributed by atoms with Crippen LogP contribution in [-0.4, -0.2) is 106 Å². The highest BCUT2D eigenvalue weighted by molar-refractivity contribution is 6.07. The predicted molar refractivity (Wildman–Crippen MR) is 227 cm³/mol. The number of fused-ring (bicyclic) bond motifs is 1. The van der Waals surface area contributed by atoms with Crippen LogP contribution in [-0.2, 0) is 36.8 Å². The fourth-order valence-electron chi connectivity index (χ4n) is 6.71. The smallest absolute Gasteiger partial charge is 0.408 e. The number of rotatable bonds is 18. The van der Waals surface area contributed by atoms with Crippen LogP contribution >= 0.6 is 0 Å². The number of carbonyl (C=O) groups is 6. The molecule has 0 spiro atoms. The maximum Gasteiger partial charge on any atom is 0.408 e. The molecule has 0 aliphatic rings. The van der Waals surface area contributed by atoms with E-state index in [1.807, 2.05) is 54.6 Å². The lowest BCUT2D eigenvalue weighted by Gasteiger charge is -2.35. The lowest BCUT2D eigenvalue weighted by Crippen LogP contribution is -2.60. The fourth-order valence-corrected chi connectivity index (χ4v) is 6.71. The number of anilines is 1. The Labute approximate surface area is 345 Å². The molecule has 7 N–H and O–H groups in total. The lowest BCUT2D eigenvalue weighted by atomic mass is 10.0. The Balaban J connectivity index is 1.69. The highest BCUT2D eigenvalue weighted by Gasteiger charge is 2.41. The molecule has 4 rings (SSSR count). The predicted octanol–water partition coefficient (Wildman–Crippen LogP) is 4.87. The summed E-state index contributed by atoms with van der Waals surface area (Å²) in [5.41, 5.74) is 14.1. The standard InChI is InChI=1S/C44H58N8O7/c1-29-16-10-12-20-33(29)48-42(57)52(40(55)35(49-43(58)59-44(2,3)4)27-31-28-47-34-21-13-11-19-32(31)34)36(22-14-15-24-45)41(56)50(5)25-23-38(53)51(6)37(39(46)54)26-30-17-8-7-9-18-30/h7-13,16-21,28,35-37,47H,14-15,22-27,45H2,1-6H3,(H2,46,54)(H,48,57)(H,49,58)/t35-,36-,37-/m0/s1. The van der Waals surface area contributed by atoms with Crippen molar-refractivity contribution in [2.75, 3.05) is 32.5 Å². The molecule has 3 atom stereocenters. The quantitative estimate of drug-likeness (QED) is 0.0873. The summed E-state index contributed by atoms with van der Waals surface area (Å²) in [6, 6.07) is 19.1. The van der Waals surface area contributed by atoms with E-state index < -0.39 is 59.5 Å². The Hall–Kier alpha value is -6.22. The van der Waals surface area contributed by atoms with Crippen molar-refractivity contribution in [2.45, 2.75) is 89.9 Å². The van der Waals surface area contributed by atoms with Crippen LogP contribution in [0.1, 0.15) is 63.1 Å². The van der Waals surface area contributed by atoms with Crippen molar-refractivity contribution >= 4 is 52.3 Å². The van der Waals surface area contributed by atoms with E-state index in [4.69, 9.17) is 16.2 Å². The van der Waals surface area contributed by atoms with E-state index in [-0.39, 0.29) is 32.2 Å². The van der Waals surface area contributed by atoms with Crippen LogP contribution in [0.25, 0.3) is 10.9 Å². The van der Waals surface area contributed by atoms with Crippen molar-refractivity contribution in [3.63, 3.8) is 0 Å². The first-order valence-electron chi connectivity index (χ1n) is 19.8. The van der Waals surface area contributed by atoms with Gasteiger partial charge in [0.1, 0.15) is 23.7 Å². The fraction of sp³-hybridized carbons (Fsp3) is 0.409. The molecule has 15 heteroatoms. The van der Waals surface area contributed by atoms with Gasteiger partial charge < -0.3 is 41.6 Å². The van der Waals surface area contributed by atoms with Crippen LogP contribution < -0.4 is 22.1 Å². The van der Waals surface area contributed by atoms with E-state index in [2.05, 4.69) is 15.6 Å². The first-order chi connectivity index (χ1) is 28.0. The third kappa shape index (κ3) is 12.9. The summed E-state index contributed by atoms with van der Waals surface area (Å²) < 4.78 is 5.56. The first-order valence-corrected chi connectivity index (χ1v) is 19.8. The number of nitrogens with one attached hydrogen (secondary N) is 3. The maximum atomic E-state index is 15.1. The van der Waals surface area contributed by atoms with Gasteiger partial charge in [0.25, 0.3) is 5.91 Å². The molecule has 0 bridgehead atoms. The SMILES string of the molecule is Cc1ccccc1NC(=O)N(C(=O)[C@H](Cc1c[nH]c2ccccc12)NC(=O)OC(C)(C)C)[C@@H](CCCCN)C(=O)N(C)CCC(=O)N(C)[C@@H](Cc1ccccc1)C(N)=O. The largest absolute Gasteiger partial charge is 0.444 e. The van der Waals surface area contributed by atoms with Gasteiger partial charge in [0, 0.05) is 62.7 Å². The van der Waals surface area contributed by atoms with E-state index >= 15 is 4.79 Å². The number of unbranched alkanes of at least 4 members (excludes halogenated alkanes) is 1. The lowest BCUT2D eigenvalue weighted by molar-refractivity contribution is -0.144. The summed E-state index contributed by atoms with van der Waals surface area (Å²) in [4.78, 5) is 90.1. The first kappa shape index (κ1) is 45.5. The van der Waals surface area contributed by atoms with Gasteiger partial charge in [-0.05, 0) is 82.3 Å². The van der Waals surface area contributed by atoms with Gasteiger partial charge in [-0.15, -0.1) is 0 Å². The third-order valence-electron chi connectivity index (χ3n) is 9.96. The number of amides is 7.